The number of carbonyl (C=O) groups is 1. The Hall–Kier alpha value is -1.22. The molecule has 92 valence electrons. The lowest BCUT2D eigenvalue weighted by atomic mass is 10.2. The van der Waals surface area contributed by atoms with Crippen molar-refractivity contribution >= 4 is 17.5 Å². The van der Waals surface area contributed by atoms with Gasteiger partial charge in [-0.2, -0.15) is 0 Å². The highest BCUT2D eigenvalue weighted by molar-refractivity contribution is 6.21. The van der Waals surface area contributed by atoms with Crippen LogP contribution >= 0.6 is 11.6 Å². The van der Waals surface area contributed by atoms with Crippen LogP contribution in [0.5, 0.6) is 5.75 Å². The maximum atomic E-state index is 12.3. The summed E-state index contributed by atoms with van der Waals surface area (Å²) in [4.78, 5) is 14.1. The van der Waals surface area contributed by atoms with Gasteiger partial charge in [-0.05, 0) is 25.5 Å². The van der Waals surface area contributed by atoms with Crippen molar-refractivity contribution in [2.24, 2.45) is 0 Å². The molecule has 1 aromatic carbocycles. The molecule has 0 spiro atoms. The fraction of sp³-hybridized carbons (Fsp3) is 0.462. The Morgan fingerprint density at radius 1 is 1.53 bits per heavy atom. The Labute approximate surface area is 106 Å². The zero-order valence-electron chi connectivity index (χ0n) is 9.86. The third-order valence-electron chi connectivity index (χ3n) is 2.84. The lowest BCUT2D eigenvalue weighted by Crippen LogP contribution is -2.29. The van der Waals surface area contributed by atoms with E-state index in [1.165, 1.54) is 0 Å². The van der Waals surface area contributed by atoms with Crippen LogP contribution in [0.1, 0.15) is 23.7 Å². The van der Waals surface area contributed by atoms with E-state index in [0.717, 1.165) is 13.0 Å². The van der Waals surface area contributed by atoms with Crippen molar-refractivity contribution in [3.05, 3.63) is 29.8 Å². The van der Waals surface area contributed by atoms with Gasteiger partial charge in [-0.15, -0.1) is 11.6 Å². The Kier molecular flexibility index (Phi) is 3.89. The Balaban J connectivity index is 2.18. The molecule has 1 saturated heterocycles. The molecule has 1 amide bonds. The van der Waals surface area contributed by atoms with Crippen LogP contribution in [0, 0.1) is 0 Å². The third-order valence-corrected chi connectivity index (χ3v) is 3.19. The number of hydrogen-bond acceptors (Lipinski definition) is 2. The van der Waals surface area contributed by atoms with Gasteiger partial charge in [-0.1, -0.05) is 12.1 Å². The van der Waals surface area contributed by atoms with Crippen molar-refractivity contribution in [2.45, 2.75) is 18.7 Å². The fourth-order valence-corrected chi connectivity index (χ4v) is 2.26. The summed E-state index contributed by atoms with van der Waals surface area (Å²) in [7, 11) is 0. The monoisotopic (exact) mass is 253 g/mol. The summed E-state index contributed by atoms with van der Waals surface area (Å²) in [6.45, 7) is 3.82. The number of nitrogens with zero attached hydrogens (tertiary/aromatic N) is 1. The van der Waals surface area contributed by atoms with Gasteiger partial charge in [0.25, 0.3) is 5.91 Å². The summed E-state index contributed by atoms with van der Waals surface area (Å²) >= 11 is 6.01. The molecule has 17 heavy (non-hydrogen) atoms. The minimum atomic E-state index is 0.0113. The zero-order chi connectivity index (χ0) is 12.3. The molecule has 0 N–H and O–H groups in total. The number of benzene rings is 1. The summed E-state index contributed by atoms with van der Waals surface area (Å²) in [5, 5.41) is 0.0817. The van der Waals surface area contributed by atoms with Gasteiger partial charge in [0.15, 0.2) is 0 Å². The Bertz CT molecular complexity index is 408. The van der Waals surface area contributed by atoms with Crippen LogP contribution in [0.25, 0.3) is 0 Å². The van der Waals surface area contributed by atoms with E-state index in [0.29, 0.717) is 24.5 Å². The first-order valence-corrected chi connectivity index (χ1v) is 6.31. The van der Waals surface area contributed by atoms with Gasteiger partial charge in [-0.25, -0.2) is 0 Å². The van der Waals surface area contributed by atoms with Crippen LogP contribution in [-0.2, 0) is 0 Å². The van der Waals surface area contributed by atoms with Crippen LogP contribution in [0.15, 0.2) is 24.3 Å². The van der Waals surface area contributed by atoms with E-state index in [2.05, 4.69) is 0 Å². The van der Waals surface area contributed by atoms with E-state index in [-0.39, 0.29) is 11.3 Å². The number of rotatable bonds is 3. The lowest BCUT2D eigenvalue weighted by Gasteiger charge is -2.17. The van der Waals surface area contributed by atoms with Crippen LogP contribution in [0.3, 0.4) is 0 Å². The quantitative estimate of drug-likeness (QED) is 0.775. The second-order valence-corrected chi connectivity index (χ2v) is 4.68. The van der Waals surface area contributed by atoms with Crippen molar-refractivity contribution in [1.29, 1.82) is 0 Å². The molecule has 2 rings (SSSR count). The average molecular weight is 254 g/mol. The van der Waals surface area contributed by atoms with Gasteiger partial charge in [0.1, 0.15) is 5.75 Å². The first-order chi connectivity index (χ1) is 8.22. The molecule has 0 aromatic heterocycles. The number of amides is 1. The van der Waals surface area contributed by atoms with Crippen molar-refractivity contribution in [3.63, 3.8) is 0 Å². The molecular formula is C13H16ClNO2. The summed E-state index contributed by atoms with van der Waals surface area (Å²) in [6.07, 6.45) is 0.865. The molecule has 0 aliphatic carbocycles. The molecule has 1 aromatic rings. The topological polar surface area (TPSA) is 29.5 Å². The van der Waals surface area contributed by atoms with E-state index in [1.54, 1.807) is 11.0 Å². The minimum absolute atomic E-state index is 0.0113. The standard InChI is InChI=1S/C13H16ClNO2/c1-2-17-12-6-4-3-5-11(12)13(16)15-8-7-10(14)9-15/h3-6,10H,2,7-9H2,1H3. The summed E-state index contributed by atoms with van der Waals surface area (Å²) < 4.78 is 5.46. The maximum absolute atomic E-state index is 12.3. The summed E-state index contributed by atoms with van der Waals surface area (Å²) in [6, 6.07) is 7.35. The predicted octanol–water partition coefficient (Wildman–Crippen LogP) is 2.54. The van der Waals surface area contributed by atoms with Gasteiger partial charge < -0.3 is 9.64 Å². The average Bonchev–Trinajstić information content (AvgIpc) is 2.76. The van der Waals surface area contributed by atoms with Crippen molar-refractivity contribution in [3.8, 4) is 5.75 Å². The zero-order valence-corrected chi connectivity index (χ0v) is 10.6. The number of ether oxygens (including phenoxy) is 1. The van der Waals surface area contributed by atoms with Crippen LogP contribution in [-0.4, -0.2) is 35.9 Å². The maximum Gasteiger partial charge on any atom is 0.257 e. The second-order valence-electron chi connectivity index (χ2n) is 4.07. The van der Waals surface area contributed by atoms with E-state index >= 15 is 0 Å². The van der Waals surface area contributed by atoms with Crippen LogP contribution in [0.2, 0.25) is 0 Å². The SMILES string of the molecule is CCOc1ccccc1C(=O)N1CCC(Cl)C1. The number of hydrogen-bond donors (Lipinski definition) is 0. The summed E-state index contributed by atoms with van der Waals surface area (Å²) in [5.74, 6) is 0.662. The van der Waals surface area contributed by atoms with Gasteiger partial charge in [0.2, 0.25) is 0 Å². The number of likely N-dealkylation sites (tertiary alicyclic amines) is 1. The molecule has 4 heteroatoms. The Morgan fingerprint density at radius 3 is 2.94 bits per heavy atom. The smallest absolute Gasteiger partial charge is 0.257 e. The van der Waals surface area contributed by atoms with Crippen molar-refractivity contribution in [2.75, 3.05) is 19.7 Å². The molecule has 0 radical (unpaired) electrons. The molecule has 0 bridgehead atoms. The number of para-hydroxylation sites is 1. The molecule has 1 fully saturated rings. The third kappa shape index (κ3) is 2.72. The van der Waals surface area contributed by atoms with Gasteiger partial charge in [-0.3, -0.25) is 4.79 Å². The normalized spacial score (nSPS) is 19.4. The van der Waals surface area contributed by atoms with Crippen LogP contribution in [0.4, 0.5) is 0 Å². The van der Waals surface area contributed by atoms with Crippen molar-refractivity contribution in [1.82, 2.24) is 4.90 Å². The minimum Gasteiger partial charge on any atom is -0.493 e. The second kappa shape index (κ2) is 5.41. The highest BCUT2D eigenvalue weighted by Gasteiger charge is 2.26. The van der Waals surface area contributed by atoms with E-state index in [1.807, 2.05) is 25.1 Å². The largest absolute Gasteiger partial charge is 0.493 e. The lowest BCUT2D eigenvalue weighted by molar-refractivity contribution is 0.0789. The first-order valence-electron chi connectivity index (χ1n) is 5.87. The van der Waals surface area contributed by atoms with Crippen LogP contribution < -0.4 is 4.74 Å². The molecule has 1 heterocycles. The highest BCUT2D eigenvalue weighted by Crippen LogP contribution is 2.23. The number of alkyl halides is 1. The Morgan fingerprint density at radius 2 is 2.29 bits per heavy atom. The first kappa shape index (κ1) is 12.2. The molecule has 1 aliphatic heterocycles. The number of halogens is 1. The molecule has 1 unspecified atom stereocenters. The molecule has 0 saturated carbocycles. The molecular weight excluding hydrogens is 238 g/mol. The molecule has 3 nitrogen and oxygen atoms in total. The molecule has 1 atom stereocenters. The fourth-order valence-electron chi connectivity index (χ4n) is 2.00. The van der Waals surface area contributed by atoms with E-state index < -0.39 is 0 Å². The number of carbonyl (C=O) groups excluding carboxylic acids is 1. The van der Waals surface area contributed by atoms with E-state index in [4.69, 9.17) is 16.3 Å². The van der Waals surface area contributed by atoms with E-state index in [9.17, 15) is 4.79 Å². The highest BCUT2D eigenvalue weighted by atomic mass is 35.5. The van der Waals surface area contributed by atoms with Gasteiger partial charge in [0.05, 0.1) is 17.5 Å². The summed E-state index contributed by atoms with van der Waals surface area (Å²) in [5.41, 5.74) is 0.625. The predicted molar refractivity (Wildman–Crippen MR) is 67.8 cm³/mol. The van der Waals surface area contributed by atoms with Crippen molar-refractivity contribution < 1.29 is 9.53 Å². The van der Waals surface area contributed by atoms with Gasteiger partial charge >= 0.3 is 0 Å². The molecule has 1 aliphatic rings. The van der Waals surface area contributed by atoms with Gasteiger partial charge in [0, 0.05) is 13.1 Å².